The van der Waals surface area contributed by atoms with Crippen molar-refractivity contribution in [3.63, 3.8) is 0 Å². The zero-order valence-electron chi connectivity index (χ0n) is 19.3. The van der Waals surface area contributed by atoms with Gasteiger partial charge in [-0.15, -0.1) is 0 Å². The van der Waals surface area contributed by atoms with E-state index in [0.29, 0.717) is 42.7 Å². The first kappa shape index (κ1) is 23.4. The Morgan fingerprint density at radius 1 is 1.12 bits per heavy atom. The number of aryl methyl sites for hydroxylation is 2. The van der Waals surface area contributed by atoms with Crippen LogP contribution in [0.3, 0.4) is 0 Å². The van der Waals surface area contributed by atoms with Crippen molar-refractivity contribution < 1.29 is 18.8 Å². The first-order chi connectivity index (χ1) is 16.3. The number of carbonyl (C=O) groups excluding carboxylic acids is 3. The molecule has 2 N–H and O–H groups in total. The molecule has 0 aromatic heterocycles. The summed E-state index contributed by atoms with van der Waals surface area (Å²) >= 11 is 0. The van der Waals surface area contributed by atoms with Gasteiger partial charge in [0.05, 0.1) is 5.69 Å². The molecular weight excluding hydrogens is 437 g/mol. The molecule has 1 fully saturated rings. The number of anilines is 1. The topological polar surface area (TPSA) is 94.1 Å². The van der Waals surface area contributed by atoms with Crippen molar-refractivity contribution in [3.05, 3.63) is 65.0 Å². The molecule has 1 saturated heterocycles. The SMILES string of the molecule is Cc1ccc(N2NC(C(=O)N3CCC(C(=O)NCc4ccc(C)c(F)c4)CC3)=NCC2=O)cc1. The molecular formula is C25H28FN5O3. The molecule has 2 aromatic carbocycles. The van der Waals surface area contributed by atoms with Gasteiger partial charge in [0.1, 0.15) is 12.4 Å². The zero-order chi connectivity index (χ0) is 24.2. The minimum Gasteiger partial charge on any atom is -0.352 e. The standard InChI is InChI=1S/C25H28FN5O3/c1-16-3-7-20(8-4-16)31-22(32)15-27-23(29-31)25(34)30-11-9-19(10-12-30)24(33)28-14-18-6-5-17(2)21(26)13-18/h3-8,13,19H,9-12,14-15H2,1-2H3,(H,27,29)(H,28,33). The van der Waals surface area contributed by atoms with E-state index in [-0.39, 0.29) is 48.4 Å². The summed E-state index contributed by atoms with van der Waals surface area (Å²) in [6, 6.07) is 12.3. The van der Waals surface area contributed by atoms with Crippen LogP contribution in [-0.4, -0.2) is 48.1 Å². The molecule has 0 radical (unpaired) electrons. The summed E-state index contributed by atoms with van der Waals surface area (Å²) in [5.41, 5.74) is 5.83. The van der Waals surface area contributed by atoms with E-state index in [2.05, 4.69) is 15.7 Å². The summed E-state index contributed by atoms with van der Waals surface area (Å²) in [7, 11) is 0. The molecule has 9 heteroatoms. The van der Waals surface area contributed by atoms with E-state index in [1.165, 1.54) is 11.1 Å². The van der Waals surface area contributed by atoms with E-state index in [9.17, 15) is 18.8 Å². The lowest BCUT2D eigenvalue weighted by atomic mass is 9.95. The second-order valence-electron chi connectivity index (χ2n) is 8.71. The van der Waals surface area contributed by atoms with Gasteiger partial charge in [0.25, 0.3) is 11.8 Å². The highest BCUT2D eigenvalue weighted by Crippen LogP contribution is 2.20. The average molecular weight is 466 g/mol. The first-order valence-electron chi connectivity index (χ1n) is 11.3. The maximum atomic E-state index is 13.7. The highest BCUT2D eigenvalue weighted by atomic mass is 19.1. The fourth-order valence-corrected chi connectivity index (χ4v) is 4.01. The van der Waals surface area contributed by atoms with Gasteiger partial charge >= 0.3 is 0 Å². The first-order valence-corrected chi connectivity index (χ1v) is 11.3. The van der Waals surface area contributed by atoms with E-state index in [4.69, 9.17) is 0 Å². The van der Waals surface area contributed by atoms with Gasteiger partial charge < -0.3 is 10.2 Å². The number of hydrogen-bond donors (Lipinski definition) is 2. The highest BCUT2D eigenvalue weighted by Gasteiger charge is 2.32. The number of hydrazine groups is 1. The Morgan fingerprint density at radius 3 is 2.50 bits per heavy atom. The third-order valence-corrected chi connectivity index (χ3v) is 6.19. The van der Waals surface area contributed by atoms with Gasteiger partial charge in [-0.3, -0.25) is 24.8 Å². The Hall–Kier alpha value is -3.75. The Bertz CT molecular complexity index is 1120. The lowest BCUT2D eigenvalue weighted by molar-refractivity contribution is -0.131. The van der Waals surface area contributed by atoms with Gasteiger partial charge in [0.15, 0.2) is 0 Å². The van der Waals surface area contributed by atoms with E-state index in [1.54, 1.807) is 24.0 Å². The number of nitrogens with one attached hydrogen (secondary N) is 2. The van der Waals surface area contributed by atoms with E-state index >= 15 is 0 Å². The quantitative estimate of drug-likeness (QED) is 0.708. The van der Waals surface area contributed by atoms with Crippen LogP contribution in [0.5, 0.6) is 0 Å². The normalized spacial score (nSPS) is 16.7. The lowest BCUT2D eigenvalue weighted by Crippen LogP contribution is -2.57. The fourth-order valence-electron chi connectivity index (χ4n) is 4.01. The minimum atomic E-state index is -0.293. The molecule has 3 amide bonds. The number of aliphatic imine (C=N–C) groups is 1. The number of likely N-dealkylation sites (tertiary alicyclic amines) is 1. The van der Waals surface area contributed by atoms with Crippen molar-refractivity contribution in [2.75, 3.05) is 24.6 Å². The van der Waals surface area contributed by atoms with E-state index < -0.39 is 0 Å². The largest absolute Gasteiger partial charge is 0.352 e. The molecule has 0 aliphatic carbocycles. The Morgan fingerprint density at radius 2 is 1.82 bits per heavy atom. The van der Waals surface area contributed by atoms with Gasteiger partial charge in [-0.25, -0.2) is 9.40 Å². The number of amidine groups is 1. The summed E-state index contributed by atoms with van der Waals surface area (Å²) in [5.74, 6) is -1.03. The summed E-state index contributed by atoms with van der Waals surface area (Å²) in [5, 5.41) is 4.21. The van der Waals surface area contributed by atoms with Gasteiger partial charge in [-0.05, 0) is 56.0 Å². The van der Waals surface area contributed by atoms with Crippen molar-refractivity contribution in [2.45, 2.75) is 33.2 Å². The van der Waals surface area contributed by atoms with E-state index in [1.807, 2.05) is 31.2 Å². The predicted molar refractivity (Wildman–Crippen MR) is 126 cm³/mol. The molecule has 0 saturated carbocycles. The Kier molecular flexibility index (Phi) is 6.90. The molecule has 2 aliphatic rings. The number of nitrogens with zero attached hydrogens (tertiary/aromatic N) is 3. The maximum Gasteiger partial charge on any atom is 0.290 e. The molecule has 34 heavy (non-hydrogen) atoms. The van der Waals surface area contributed by atoms with Crippen molar-refractivity contribution in [3.8, 4) is 0 Å². The van der Waals surface area contributed by atoms with Crippen molar-refractivity contribution in [1.82, 2.24) is 15.6 Å². The van der Waals surface area contributed by atoms with Gasteiger partial charge in [0.2, 0.25) is 11.7 Å². The molecule has 2 heterocycles. The van der Waals surface area contributed by atoms with Crippen LogP contribution in [0, 0.1) is 25.6 Å². The average Bonchev–Trinajstić information content (AvgIpc) is 2.85. The van der Waals surface area contributed by atoms with Crippen LogP contribution in [0.4, 0.5) is 10.1 Å². The van der Waals surface area contributed by atoms with Crippen molar-refractivity contribution in [1.29, 1.82) is 0 Å². The second-order valence-corrected chi connectivity index (χ2v) is 8.71. The van der Waals surface area contributed by atoms with Crippen molar-refractivity contribution >= 4 is 29.2 Å². The number of rotatable bonds is 5. The van der Waals surface area contributed by atoms with Crippen molar-refractivity contribution in [2.24, 2.45) is 10.9 Å². The van der Waals surface area contributed by atoms with Crippen LogP contribution >= 0.6 is 0 Å². The van der Waals surface area contributed by atoms with Gasteiger partial charge in [-0.2, -0.15) is 0 Å². The fraction of sp³-hybridized carbons (Fsp3) is 0.360. The third-order valence-electron chi connectivity index (χ3n) is 6.19. The molecule has 0 spiro atoms. The minimum absolute atomic E-state index is 0.0997. The number of halogens is 1. The van der Waals surface area contributed by atoms with Crippen LogP contribution in [0.1, 0.15) is 29.5 Å². The summed E-state index contributed by atoms with van der Waals surface area (Å²) in [6.07, 6.45) is 1.04. The van der Waals surface area contributed by atoms with Crippen LogP contribution < -0.4 is 15.8 Å². The van der Waals surface area contributed by atoms with Crippen LogP contribution in [0.15, 0.2) is 47.5 Å². The number of benzene rings is 2. The van der Waals surface area contributed by atoms with Crippen LogP contribution in [-0.2, 0) is 20.9 Å². The number of carbonyl (C=O) groups is 3. The zero-order valence-corrected chi connectivity index (χ0v) is 19.3. The Labute approximate surface area is 197 Å². The number of amides is 3. The number of hydrogen-bond acceptors (Lipinski definition) is 5. The maximum absolute atomic E-state index is 13.7. The van der Waals surface area contributed by atoms with Gasteiger partial charge in [-0.1, -0.05) is 29.8 Å². The number of piperidine rings is 1. The third kappa shape index (κ3) is 5.24. The highest BCUT2D eigenvalue weighted by molar-refractivity contribution is 6.39. The lowest BCUT2D eigenvalue weighted by Gasteiger charge is -2.34. The monoisotopic (exact) mass is 465 g/mol. The molecule has 8 nitrogen and oxygen atoms in total. The summed E-state index contributed by atoms with van der Waals surface area (Å²) in [6.45, 7) is 4.63. The molecule has 2 aliphatic heterocycles. The molecule has 0 unspecified atom stereocenters. The summed E-state index contributed by atoms with van der Waals surface area (Å²) in [4.78, 5) is 43.6. The molecule has 4 rings (SSSR count). The predicted octanol–water partition coefficient (Wildman–Crippen LogP) is 2.25. The second kappa shape index (κ2) is 10.0. The van der Waals surface area contributed by atoms with Gasteiger partial charge in [0, 0.05) is 25.6 Å². The van der Waals surface area contributed by atoms with Crippen LogP contribution in [0.25, 0.3) is 0 Å². The van der Waals surface area contributed by atoms with E-state index in [0.717, 1.165) is 5.56 Å². The molecule has 2 aromatic rings. The smallest absolute Gasteiger partial charge is 0.290 e. The Balaban J connectivity index is 1.29. The molecule has 178 valence electrons. The van der Waals surface area contributed by atoms with Crippen LogP contribution in [0.2, 0.25) is 0 Å². The molecule has 0 atom stereocenters. The molecule has 0 bridgehead atoms. The summed E-state index contributed by atoms with van der Waals surface area (Å²) < 4.78 is 13.7.